The van der Waals surface area contributed by atoms with E-state index in [2.05, 4.69) is 15.8 Å². The Hall–Kier alpha value is -2.83. The number of carbonyl (C=O) groups is 2. The molecule has 2 N–H and O–H groups in total. The molecule has 0 aliphatic rings. The van der Waals surface area contributed by atoms with Gasteiger partial charge in [-0.25, -0.2) is 0 Å². The first-order valence-electron chi connectivity index (χ1n) is 7.62. The van der Waals surface area contributed by atoms with Crippen molar-refractivity contribution in [3.63, 3.8) is 0 Å². The molecule has 0 radical (unpaired) electrons. The highest BCUT2D eigenvalue weighted by Gasteiger charge is 2.36. The highest BCUT2D eigenvalue weighted by Crippen LogP contribution is 2.22. The molecule has 24 heavy (non-hydrogen) atoms. The molecule has 0 bridgehead atoms. The van der Waals surface area contributed by atoms with Crippen LogP contribution in [0.5, 0.6) is 5.75 Å². The third-order valence-electron chi connectivity index (χ3n) is 3.43. The van der Waals surface area contributed by atoms with E-state index in [0.29, 0.717) is 23.8 Å². The Morgan fingerprint density at radius 1 is 1.17 bits per heavy atom. The van der Waals surface area contributed by atoms with Crippen LogP contribution in [0.15, 0.2) is 34.9 Å². The maximum absolute atomic E-state index is 12.4. The van der Waals surface area contributed by atoms with Crippen LogP contribution in [0.25, 0.3) is 0 Å². The predicted molar refractivity (Wildman–Crippen MR) is 89.9 cm³/mol. The zero-order valence-corrected chi connectivity index (χ0v) is 14.2. The molecule has 0 spiro atoms. The number of hydrogen-bond donors (Lipinski definition) is 2. The van der Waals surface area contributed by atoms with E-state index in [-0.39, 0.29) is 5.82 Å². The quantitative estimate of drug-likeness (QED) is 0.794. The second kappa shape index (κ2) is 7.16. The van der Waals surface area contributed by atoms with Gasteiger partial charge in [0.05, 0.1) is 6.61 Å². The minimum absolute atomic E-state index is 0.277. The van der Waals surface area contributed by atoms with E-state index in [9.17, 15) is 9.59 Å². The second-order valence-electron chi connectivity index (χ2n) is 5.81. The van der Waals surface area contributed by atoms with Crippen molar-refractivity contribution in [2.75, 3.05) is 17.2 Å². The van der Waals surface area contributed by atoms with E-state index in [1.807, 2.05) is 6.92 Å². The molecule has 1 aromatic carbocycles. The minimum Gasteiger partial charge on any atom is -0.494 e. The van der Waals surface area contributed by atoms with Gasteiger partial charge in [0.1, 0.15) is 16.9 Å². The molecule has 128 valence electrons. The van der Waals surface area contributed by atoms with E-state index in [0.717, 1.165) is 0 Å². The normalized spacial score (nSPS) is 11.0. The van der Waals surface area contributed by atoms with Crippen LogP contribution in [0.1, 0.15) is 26.5 Å². The monoisotopic (exact) mass is 331 g/mol. The molecule has 7 nitrogen and oxygen atoms in total. The number of aromatic nitrogens is 1. The number of ether oxygens (including phenoxy) is 1. The van der Waals surface area contributed by atoms with Crippen molar-refractivity contribution in [2.45, 2.75) is 27.7 Å². The van der Waals surface area contributed by atoms with Crippen molar-refractivity contribution in [1.82, 2.24) is 5.16 Å². The lowest BCUT2D eigenvalue weighted by Crippen LogP contribution is -2.41. The number of rotatable bonds is 6. The van der Waals surface area contributed by atoms with Crippen molar-refractivity contribution < 1.29 is 18.8 Å². The van der Waals surface area contributed by atoms with Crippen LogP contribution >= 0.6 is 0 Å². The molecule has 0 unspecified atom stereocenters. The highest BCUT2D eigenvalue weighted by atomic mass is 16.5. The Morgan fingerprint density at radius 3 is 2.33 bits per heavy atom. The smallest absolute Gasteiger partial charge is 0.240 e. The lowest BCUT2D eigenvalue weighted by Gasteiger charge is -2.22. The summed E-state index contributed by atoms with van der Waals surface area (Å²) in [6.45, 7) is 7.26. The molecule has 7 heteroatoms. The molecule has 0 aliphatic carbocycles. The number of aryl methyl sites for hydroxylation is 1. The average molecular weight is 331 g/mol. The van der Waals surface area contributed by atoms with Gasteiger partial charge in [-0.15, -0.1) is 0 Å². The van der Waals surface area contributed by atoms with Crippen molar-refractivity contribution in [2.24, 2.45) is 5.41 Å². The molecule has 2 aromatic rings. The molecule has 0 atom stereocenters. The van der Waals surface area contributed by atoms with Crippen LogP contribution in [0, 0.1) is 12.3 Å². The van der Waals surface area contributed by atoms with E-state index < -0.39 is 17.2 Å². The second-order valence-corrected chi connectivity index (χ2v) is 5.81. The van der Waals surface area contributed by atoms with Crippen LogP contribution in [0.2, 0.25) is 0 Å². The first kappa shape index (κ1) is 17.5. The topological polar surface area (TPSA) is 93.5 Å². The number of anilines is 2. The van der Waals surface area contributed by atoms with Gasteiger partial charge in [0.25, 0.3) is 0 Å². The zero-order valence-electron chi connectivity index (χ0n) is 14.2. The average Bonchev–Trinajstić information content (AvgIpc) is 2.94. The fraction of sp³-hybridized carbons (Fsp3) is 0.353. The SMILES string of the molecule is CCOc1ccc(NC(=O)C(C)(C)C(=O)Nc2cc(C)on2)cc1. The molecule has 0 saturated heterocycles. The Labute approximate surface area is 140 Å². The fourth-order valence-electron chi connectivity index (χ4n) is 1.89. The van der Waals surface area contributed by atoms with Crippen LogP contribution in [-0.4, -0.2) is 23.6 Å². The lowest BCUT2D eigenvalue weighted by atomic mass is 9.91. The van der Waals surface area contributed by atoms with E-state index >= 15 is 0 Å². The van der Waals surface area contributed by atoms with Gasteiger partial charge in [0, 0.05) is 11.8 Å². The van der Waals surface area contributed by atoms with Gasteiger partial charge in [0.15, 0.2) is 5.82 Å². The number of nitrogens with one attached hydrogen (secondary N) is 2. The summed E-state index contributed by atoms with van der Waals surface area (Å²) < 4.78 is 10.2. The number of benzene rings is 1. The van der Waals surface area contributed by atoms with Gasteiger partial charge < -0.3 is 19.9 Å². The molecular weight excluding hydrogens is 310 g/mol. The molecule has 0 aliphatic heterocycles. The Bertz CT molecular complexity index is 720. The Morgan fingerprint density at radius 2 is 1.79 bits per heavy atom. The van der Waals surface area contributed by atoms with Gasteiger partial charge >= 0.3 is 0 Å². The third kappa shape index (κ3) is 4.13. The summed E-state index contributed by atoms with van der Waals surface area (Å²) in [5.74, 6) is 0.666. The van der Waals surface area contributed by atoms with Crippen molar-refractivity contribution in [3.05, 3.63) is 36.1 Å². The molecule has 1 heterocycles. The number of amides is 2. The largest absolute Gasteiger partial charge is 0.494 e. The van der Waals surface area contributed by atoms with Gasteiger partial charge in [-0.05, 0) is 52.0 Å². The van der Waals surface area contributed by atoms with Crippen molar-refractivity contribution in [3.8, 4) is 5.75 Å². The molecule has 1 aromatic heterocycles. The molecular formula is C17H21N3O4. The Kier molecular flexibility index (Phi) is 5.23. The summed E-state index contributed by atoms with van der Waals surface area (Å²) in [6.07, 6.45) is 0. The molecule has 0 fully saturated rings. The van der Waals surface area contributed by atoms with Crippen LogP contribution in [0.4, 0.5) is 11.5 Å². The summed E-state index contributed by atoms with van der Waals surface area (Å²) in [7, 11) is 0. The number of nitrogens with zero attached hydrogens (tertiary/aromatic N) is 1. The first-order chi connectivity index (χ1) is 11.3. The fourth-order valence-corrected chi connectivity index (χ4v) is 1.89. The summed E-state index contributed by atoms with van der Waals surface area (Å²) in [5.41, 5.74) is -0.701. The molecule has 2 rings (SSSR count). The van der Waals surface area contributed by atoms with E-state index in [4.69, 9.17) is 9.26 Å². The molecule has 2 amide bonds. The maximum Gasteiger partial charge on any atom is 0.240 e. The standard InChI is InChI=1S/C17H21N3O4/c1-5-23-13-8-6-12(7-9-13)18-15(21)17(3,4)16(22)19-14-10-11(2)24-20-14/h6-10H,5H2,1-4H3,(H,18,21)(H,19,20,22). The predicted octanol–water partition coefficient (Wildman–Crippen LogP) is 2.99. The first-order valence-corrected chi connectivity index (χ1v) is 7.62. The number of hydrogen-bond acceptors (Lipinski definition) is 5. The minimum atomic E-state index is -1.29. The van der Waals surface area contributed by atoms with Crippen LogP contribution in [-0.2, 0) is 9.59 Å². The lowest BCUT2D eigenvalue weighted by molar-refractivity contribution is -0.135. The van der Waals surface area contributed by atoms with E-state index in [1.165, 1.54) is 0 Å². The highest BCUT2D eigenvalue weighted by molar-refractivity contribution is 6.13. The van der Waals surface area contributed by atoms with Crippen molar-refractivity contribution >= 4 is 23.3 Å². The van der Waals surface area contributed by atoms with Crippen LogP contribution in [0.3, 0.4) is 0 Å². The summed E-state index contributed by atoms with van der Waals surface area (Å²) in [5, 5.41) is 8.98. The van der Waals surface area contributed by atoms with Gasteiger partial charge in [-0.2, -0.15) is 0 Å². The summed E-state index contributed by atoms with van der Waals surface area (Å²) in [4.78, 5) is 24.8. The van der Waals surface area contributed by atoms with Gasteiger partial charge in [-0.3, -0.25) is 9.59 Å². The summed E-state index contributed by atoms with van der Waals surface area (Å²) in [6, 6.07) is 8.53. The molecule has 0 saturated carbocycles. The van der Waals surface area contributed by atoms with Crippen molar-refractivity contribution in [1.29, 1.82) is 0 Å². The van der Waals surface area contributed by atoms with Gasteiger partial charge in [-0.1, -0.05) is 5.16 Å². The van der Waals surface area contributed by atoms with Gasteiger partial charge in [0.2, 0.25) is 11.8 Å². The number of carbonyl (C=O) groups excluding carboxylic acids is 2. The third-order valence-corrected chi connectivity index (χ3v) is 3.43. The summed E-state index contributed by atoms with van der Waals surface area (Å²) >= 11 is 0. The zero-order chi connectivity index (χ0) is 17.7. The van der Waals surface area contributed by atoms with E-state index in [1.54, 1.807) is 51.1 Å². The maximum atomic E-state index is 12.4. The van der Waals surface area contributed by atoms with Crippen LogP contribution < -0.4 is 15.4 Å². The Balaban J connectivity index is 2.02.